The molecule has 0 radical (unpaired) electrons. The number of rotatable bonds is 5. The molecule has 13 heavy (non-hydrogen) atoms. The van der Waals surface area contributed by atoms with Crippen LogP contribution in [-0.4, -0.2) is 29.9 Å². The van der Waals surface area contributed by atoms with Crippen LogP contribution in [0.1, 0.15) is 13.3 Å². The quantitative estimate of drug-likeness (QED) is 0.491. The van der Waals surface area contributed by atoms with Crippen molar-refractivity contribution in [3.8, 4) is 12.3 Å². The van der Waals surface area contributed by atoms with Gasteiger partial charge in [0.2, 0.25) is 5.91 Å². The van der Waals surface area contributed by atoms with Gasteiger partial charge in [-0.2, -0.15) is 0 Å². The van der Waals surface area contributed by atoms with Crippen molar-refractivity contribution in [2.75, 3.05) is 13.1 Å². The predicted molar refractivity (Wildman–Crippen MR) is 53.9 cm³/mol. The van der Waals surface area contributed by atoms with E-state index in [4.69, 9.17) is 12.2 Å². The maximum atomic E-state index is 11.5. The minimum absolute atomic E-state index is 0.111. The lowest BCUT2D eigenvalue weighted by atomic mass is 10.2. The Morgan fingerprint density at radius 3 is 2.85 bits per heavy atom. The third-order valence-electron chi connectivity index (χ3n) is 1.70. The third kappa shape index (κ3) is 3.77. The van der Waals surface area contributed by atoms with Gasteiger partial charge in [-0.1, -0.05) is 6.08 Å². The van der Waals surface area contributed by atoms with Crippen LogP contribution in [0.4, 0.5) is 0 Å². The summed E-state index contributed by atoms with van der Waals surface area (Å²) in [6.07, 6.45) is 7.02. The van der Waals surface area contributed by atoms with E-state index in [2.05, 4.69) is 12.5 Å². The molecule has 2 N–H and O–H groups in total. The molecule has 3 heteroatoms. The molecule has 1 unspecified atom stereocenters. The van der Waals surface area contributed by atoms with Crippen molar-refractivity contribution < 1.29 is 4.79 Å². The fourth-order valence-corrected chi connectivity index (χ4v) is 0.980. The molecule has 0 saturated heterocycles. The summed E-state index contributed by atoms with van der Waals surface area (Å²) in [7, 11) is 0. The Balaban J connectivity index is 4.19. The van der Waals surface area contributed by atoms with Crippen molar-refractivity contribution in [2.24, 2.45) is 5.73 Å². The van der Waals surface area contributed by atoms with Crippen LogP contribution in [0.25, 0.3) is 0 Å². The van der Waals surface area contributed by atoms with Gasteiger partial charge in [-0.15, -0.1) is 18.9 Å². The fraction of sp³-hybridized carbons (Fsp3) is 0.500. The van der Waals surface area contributed by atoms with Crippen LogP contribution in [-0.2, 0) is 4.79 Å². The monoisotopic (exact) mass is 180 g/mol. The van der Waals surface area contributed by atoms with Gasteiger partial charge in [0, 0.05) is 19.5 Å². The van der Waals surface area contributed by atoms with Gasteiger partial charge >= 0.3 is 0 Å². The van der Waals surface area contributed by atoms with Crippen LogP contribution in [0.3, 0.4) is 0 Å². The summed E-state index contributed by atoms with van der Waals surface area (Å²) in [4.78, 5) is 13.1. The predicted octanol–water partition coefficient (Wildman–Crippen LogP) is 0.371. The lowest BCUT2D eigenvalue weighted by molar-refractivity contribution is -0.131. The summed E-state index contributed by atoms with van der Waals surface area (Å²) >= 11 is 0. The van der Waals surface area contributed by atoms with Gasteiger partial charge in [-0.3, -0.25) is 4.79 Å². The number of nitrogens with two attached hydrogens (primary N) is 1. The van der Waals surface area contributed by atoms with E-state index >= 15 is 0 Å². The van der Waals surface area contributed by atoms with Crippen molar-refractivity contribution >= 4 is 5.91 Å². The van der Waals surface area contributed by atoms with Gasteiger partial charge in [0.25, 0.3) is 0 Å². The van der Waals surface area contributed by atoms with Gasteiger partial charge < -0.3 is 10.6 Å². The Morgan fingerprint density at radius 1 is 1.85 bits per heavy atom. The summed E-state index contributed by atoms with van der Waals surface area (Å²) in [5, 5.41) is 0. The first-order valence-electron chi connectivity index (χ1n) is 4.26. The summed E-state index contributed by atoms with van der Waals surface area (Å²) < 4.78 is 0. The van der Waals surface area contributed by atoms with E-state index < -0.39 is 6.04 Å². The number of hydrogen-bond donors (Lipinski definition) is 1. The second kappa shape index (κ2) is 6.27. The van der Waals surface area contributed by atoms with Crippen molar-refractivity contribution in [2.45, 2.75) is 19.4 Å². The van der Waals surface area contributed by atoms with Crippen LogP contribution < -0.4 is 5.73 Å². The van der Waals surface area contributed by atoms with Crippen LogP contribution in [0.2, 0.25) is 0 Å². The zero-order valence-corrected chi connectivity index (χ0v) is 7.99. The molecule has 0 spiro atoms. The van der Waals surface area contributed by atoms with E-state index in [1.807, 2.05) is 6.92 Å². The molecular weight excluding hydrogens is 164 g/mol. The number of carbonyl (C=O) groups excluding carboxylic acids is 1. The minimum atomic E-state index is -0.579. The molecule has 0 aromatic heterocycles. The molecule has 0 heterocycles. The Morgan fingerprint density at radius 2 is 2.46 bits per heavy atom. The number of likely N-dealkylation sites (N-methyl/N-ethyl adjacent to an activating group) is 1. The smallest absolute Gasteiger partial charge is 0.240 e. The molecule has 0 aliphatic carbocycles. The van der Waals surface area contributed by atoms with Crippen LogP contribution >= 0.6 is 0 Å². The lowest BCUT2D eigenvalue weighted by Gasteiger charge is -2.21. The highest BCUT2D eigenvalue weighted by atomic mass is 16.2. The van der Waals surface area contributed by atoms with Crippen LogP contribution in [0.5, 0.6) is 0 Å². The average Bonchev–Trinajstić information content (AvgIpc) is 2.13. The largest absolute Gasteiger partial charge is 0.338 e. The van der Waals surface area contributed by atoms with Crippen LogP contribution in [0.15, 0.2) is 12.7 Å². The standard InChI is InChI=1S/C10H16N2O/c1-4-7-9(11)10(13)12(6-3)8-5-2/h1,5,9H,2,6-8,11H2,3H3. The van der Waals surface area contributed by atoms with Crippen molar-refractivity contribution in [3.05, 3.63) is 12.7 Å². The number of hydrogen-bond acceptors (Lipinski definition) is 2. The first kappa shape index (κ1) is 11.7. The molecule has 72 valence electrons. The summed E-state index contributed by atoms with van der Waals surface area (Å²) in [5.74, 6) is 2.26. The second-order valence-corrected chi connectivity index (χ2v) is 2.68. The van der Waals surface area contributed by atoms with Crippen molar-refractivity contribution in [1.82, 2.24) is 4.90 Å². The van der Waals surface area contributed by atoms with Gasteiger partial charge in [0.1, 0.15) is 0 Å². The first-order chi connectivity index (χ1) is 6.17. The number of amides is 1. The molecule has 0 rings (SSSR count). The Bertz CT molecular complexity index is 217. The number of carbonyl (C=O) groups is 1. The van der Waals surface area contributed by atoms with Gasteiger partial charge in [-0.25, -0.2) is 0 Å². The first-order valence-corrected chi connectivity index (χ1v) is 4.26. The second-order valence-electron chi connectivity index (χ2n) is 2.68. The van der Waals surface area contributed by atoms with Crippen molar-refractivity contribution in [1.29, 1.82) is 0 Å². The Hall–Kier alpha value is -1.27. The number of terminal acetylenes is 1. The maximum Gasteiger partial charge on any atom is 0.240 e. The van der Waals surface area contributed by atoms with E-state index in [1.54, 1.807) is 11.0 Å². The minimum Gasteiger partial charge on any atom is -0.338 e. The molecule has 0 aromatic rings. The Labute approximate surface area is 79.6 Å². The zero-order chi connectivity index (χ0) is 10.3. The highest BCUT2D eigenvalue weighted by Crippen LogP contribution is 1.96. The molecule has 3 nitrogen and oxygen atoms in total. The molecule has 0 bridgehead atoms. The number of nitrogens with zero attached hydrogens (tertiary/aromatic N) is 1. The van der Waals surface area contributed by atoms with Crippen molar-refractivity contribution in [3.63, 3.8) is 0 Å². The van der Waals surface area contributed by atoms with E-state index in [1.165, 1.54) is 0 Å². The summed E-state index contributed by atoms with van der Waals surface area (Å²) in [5.41, 5.74) is 5.57. The topological polar surface area (TPSA) is 46.3 Å². The molecule has 0 aromatic carbocycles. The van der Waals surface area contributed by atoms with Gasteiger partial charge in [0.05, 0.1) is 6.04 Å². The van der Waals surface area contributed by atoms with Gasteiger partial charge in [0.15, 0.2) is 0 Å². The average molecular weight is 180 g/mol. The molecule has 0 fully saturated rings. The maximum absolute atomic E-state index is 11.5. The normalized spacial score (nSPS) is 11.5. The summed E-state index contributed by atoms with van der Waals surface area (Å²) in [6.45, 7) is 6.60. The van der Waals surface area contributed by atoms with E-state index in [9.17, 15) is 4.79 Å². The summed E-state index contributed by atoms with van der Waals surface area (Å²) in [6, 6.07) is -0.579. The third-order valence-corrected chi connectivity index (χ3v) is 1.70. The van der Waals surface area contributed by atoms with E-state index in [-0.39, 0.29) is 12.3 Å². The van der Waals surface area contributed by atoms with E-state index in [0.29, 0.717) is 13.1 Å². The Kier molecular flexibility index (Phi) is 5.66. The molecule has 1 amide bonds. The van der Waals surface area contributed by atoms with Gasteiger partial charge in [-0.05, 0) is 6.92 Å². The highest BCUT2D eigenvalue weighted by Gasteiger charge is 2.17. The highest BCUT2D eigenvalue weighted by molar-refractivity contribution is 5.82. The molecule has 0 aliphatic rings. The molecular formula is C10H16N2O. The molecule has 0 saturated carbocycles. The fourth-order valence-electron chi connectivity index (χ4n) is 0.980. The molecule has 1 atom stereocenters. The van der Waals surface area contributed by atoms with Crippen LogP contribution in [0, 0.1) is 12.3 Å². The SMILES string of the molecule is C#CCC(N)C(=O)N(CC)CC=C. The van der Waals surface area contributed by atoms with E-state index in [0.717, 1.165) is 0 Å². The lowest BCUT2D eigenvalue weighted by Crippen LogP contribution is -2.43. The molecule has 0 aliphatic heterocycles. The zero-order valence-electron chi connectivity index (χ0n) is 7.99.